The number of hydrogen-bond donors (Lipinski definition) is 0. The van der Waals surface area contributed by atoms with E-state index in [0.717, 1.165) is 23.0 Å². The fraction of sp³-hybridized carbons (Fsp3) is 0.385. The highest BCUT2D eigenvalue weighted by molar-refractivity contribution is 9.10. The molecule has 1 rings (SSSR count). The first kappa shape index (κ1) is 17.5. The maximum Gasteiger partial charge on any atom is 0.416 e. The van der Waals surface area contributed by atoms with Crippen molar-refractivity contribution in [3.63, 3.8) is 0 Å². The Morgan fingerprint density at radius 2 is 1.81 bits per heavy atom. The van der Waals surface area contributed by atoms with Crippen LogP contribution in [0, 0.1) is 0 Å². The molecule has 0 saturated carbocycles. The zero-order valence-electron chi connectivity index (χ0n) is 11.5. The number of carbonyl (C=O) groups excluding carboxylic acids is 2. The zero-order valence-corrected chi connectivity index (χ0v) is 13.1. The Morgan fingerprint density at radius 3 is 2.29 bits per heavy atom. The molecule has 0 N–H and O–H groups in total. The van der Waals surface area contributed by atoms with Crippen molar-refractivity contribution in [1.82, 2.24) is 0 Å². The van der Waals surface area contributed by atoms with Crippen LogP contribution in [0.1, 0.15) is 26.3 Å². The molecule has 1 amide bonds. The normalized spacial score (nSPS) is 12.0. The summed E-state index contributed by atoms with van der Waals surface area (Å²) in [5.74, 6) is -1.38. The summed E-state index contributed by atoms with van der Waals surface area (Å²) in [6.07, 6.45) is -4.52. The predicted molar refractivity (Wildman–Crippen MR) is 73.7 cm³/mol. The molecule has 1 aromatic carbocycles. The Bertz CT molecular complexity index is 558. The lowest BCUT2D eigenvalue weighted by atomic mass is 10.1. The number of alkyl halides is 3. The van der Waals surface area contributed by atoms with Crippen LogP contribution in [-0.2, 0) is 20.5 Å². The number of halogens is 4. The van der Waals surface area contributed by atoms with Crippen molar-refractivity contribution in [2.24, 2.45) is 0 Å². The highest BCUT2D eigenvalue weighted by Gasteiger charge is 2.36. The monoisotopic (exact) mass is 367 g/mol. The van der Waals surface area contributed by atoms with Crippen molar-refractivity contribution >= 4 is 33.7 Å². The summed E-state index contributed by atoms with van der Waals surface area (Å²) >= 11 is 2.90. The smallest absolute Gasteiger partial charge is 0.416 e. The van der Waals surface area contributed by atoms with Crippen LogP contribution in [0.15, 0.2) is 24.3 Å². The Kier molecular flexibility index (Phi) is 5.03. The number of carbonyl (C=O) groups is 2. The Morgan fingerprint density at radius 1 is 1.24 bits per heavy atom. The van der Waals surface area contributed by atoms with Gasteiger partial charge in [-0.3, -0.25) is 9.59 Å². The minimum atomic E-state index is -4.52. The van der Waals surface area contributed by atoms with Crippen LogP contribution in [-0.4, -0.2) is 17.5 Å². The number of esters is 1. The van der Waals surface area contributed by atoms with Crippen molar-refractivity contribution < 1.29 is 27.5 Å². The third kappa shape index (κ3) is 4.45. The van der Waals surface area contributed by atoms with Crippen molar-refractivity contribution in [3.8, 4) is 0 Å². The molecule has 0 aliphatic carbocycles. The Labute approximate surface area is 128 Å². The topological polar surface area (TPSA) is 46.6 Å². The Balaban J connectivity index is 3.06. The van der Waals surface area contributed by atoms with Gasteiger partial charge in [-0.25, -0.2) is 3.93 Å². The largest absolute Gasteiger partial charge is 0.450 e. The number of amides is 1. The highest BCUT2D eigenvalue weighted by atomic mass is 79.9. The molecule has 0 unspecified atom stereocenters. The van der Waals surface area contributed by atoms with Gasteiger partial charge >= 0.3 is 12.1 Å². The molecule has 0 spiro atoms. The SMILES string of the molecule is CC(=O)OC(C)(C)C(=O)N(Br)c1cccc(C(F)(F)F)c1. The number of benzene rings is 1. The predicted octanol–water partition coefficient (Wildman–Crippen LogP) is 3.69. The molecule has 0 aliphatic heterocycles. The molecule has 0 saturated heterocycles. The van der Waals surface area contributed by atoms with Gasteiger partial charge in [0, 0.05) is 6.92 Å². The summed E-state index contributed by atoms with van der Waals surface area (Å²) in [5, 5.41) is 0. The van der Waals surface area contributed by atoms with E-state index in [1.54, 1.807) is 0 Å². The number of hydrogen-bond acceptors (Lipinski definition) is 3. The van der Waals surface area contributed by atoms with E-state index in [2.05, 4.69) is 16.1 Å². The molecule has 0 aliphatic rings. The molecule has 0 bridgehead atoms. The van der Waals surface area contributed by atoms with E-state index in [1.165, 1.54) is 26.0 Å². The molecule has 4 nitrogen and oxygen atoms in total. The van der Waals surface area contributed by atoms with Gasteiger partial charge in [-0.05, 0) is 32.0 Å². The zero-order chi connectivity index (χ0) is 16.4. The number of anilines is 1. The standard InChI is InChI=1S/C13H13BrF3NO3/c1-8(19)21-12(2,3)11(20)18(14)10-6-4-5-9(7-10)13(15,16)17/h4-7H,1-3H3. The van der Waals surface area contributed by atoms with Crippen molar-refractivity contribution in [3.05, 3.63) is 29.8 Å². The maximum atomic E-state index is 12.7. The van der Waals surface area contributed by atoms with Gasteiger partial charge in [-0.2, -0.15) is 13.2 Å². The molecular weight excluding hydrogens is 355 g/mol. The summed E-state index contributed by atoms with van der Waals surface area (Å²) in [6, 6.07) is 4.22. The van der Waals surface area contributed by atoms with Crippen molar-refractivity contribution in [2.75, 3.05) is 3.93 Å². The minimum Gasteiger partial charge on any atom is -0.450 e. The second-order valence-corrected chi connectivity index (χ2v) is 5.45. The molecule has 1 aromatic rings. The molecular formula is C13H13BrF3NO3. The van der Waals surface area contributed by atoms with Crippen molar-refractivity contribution in [1.29, 1.82) is 0 Å². The Hall–Kier alpha value is -1.57. The number of nitrogens with zero attached hydrogens (tertiary/aromatic N) is 1. The van der Waals surface area contributed by atoms with Crippen LogP contribution in [0.2, 0.25) is 0 Å². The molecule has 8 heteroatoms. The van der Waals surface area contributed by atoms with E-state index < -0.39 is 29.2 Å². The molecule has 0 radical (unpaired) electrons. The van der Waals surface area contributed by atoms with E-state index in [1.807, 2.05) is 0 Å². The fourth-order valence-electron chi connectivity index (χ4n) is 1.56. The van der Waals surface area contributed by atoms with Gasteiger partial charge in [0.05, 0.1) is 27.4 Å². The van der Waals surface area contributed by atoms with Crippen LogP contribution in [0.5, 0.6) is 0 Å². The first-order valence-corrected chi connectivity index (χ1v) is 6.53. The lowest BCUT2D eigenvalue weighted by Crippen LogP contribution is -2.44. The molecule has 0 aromatic heterocycles. The van der Waals surface area contributed by atoms with E-state index >= 15 is 0 Å². The average molecular weight is 368 g/mol. The van der Waals surface area contributed by atoms with Gasteiger partial charge in [-0.15, -0.1) is 0 Å². The van der Waals surface area contributed by atoms with E-state index in [0.29, 0.717) is 0 Å². The quantitative estimate of drug-likeness (QED) is 0.604. The summed E-state index contributed by atoms with van der Waals surface area (Å²) in [5.41, 5.74) is -2.42. The van der Waals surface area contributed by atoms with Crippen LogP contribution in [0.4, 0.5) is 18.9 Å². The minimum absolute atomic E-state index is 0.0185. The first-order valence-electron chi connectivity index (χ1n) is 5.82. The fourth-order valence-corrected chi connectivity index (χ4v) is 2.21. The third-order valence-electron chi connectivity index (χ3n) is 2.49. The average Bonchev–Trinajstić information content (AvgIpc) is 2.34. The van der Waals surface area contributed by atoms with Gasteiger partial charge in [0.2, 0.25) is 0 Å². The third-order valence-corrected chi connectivity index (χ3v) is 3.22. The number of rotatable bonds is 3. The van der Waals surface area contributed by atoms with E-state index in [-0.39, 0.29) is 5.69 Å². The summed E-state index contributed by atoms with van der Waals surface area (Å²) in [7, 11) is 0. The summed E-state index contributed by atoms with van der Waals surface area (Å²) in [4.78, 5) is 23.1. The van der Waals surface area contributed by atoms with Crippen LogP contribution in [0.3, 0.4) is 0 Å². The molecule has 0 heterocycles. The summed E-state index contributed by atoms with van der Waals surface area (Å²) in [6.45, 7) is 3.83. The second kappa shape index (κ2) is 6.05. The lowest BCUT2D eigenvalue weighted by Gasteiger charge is -2.27. The van der Waals surface area contributed by atoms with Crippen molar-refractivity contribution in [2.45, 2.75) is 32.5 Å². The van der Waals surface area contributed by atoms with Gasteiger partial charge in [0.15, 0.2) is 5.60 Å². The maximum absolute atomic E-state index is 12.7. The first-order chi connectivity index (χ1) is 9.45. The van der Waals surface area contributed by atoms with Crippen LogP contribution in [0.25, 0.3) is 0 Å². The van der Waals surface area contributed by atoms with E-state index in [9.17, 15) is 22.8 Å². The number of ether oxygens (including phenoxy) is 1. The van der Waals surface area contributed by atoms with Gasteiger partial charge in [-0.1, -0.05) is 6.07 Å². The van der Waals surface area contributed by atoms with Crippen LogP contribution < -0.4 is 3.93 Å². The van der Waals surface area contributed by atoms with Crippen LogP contribution >= 0.6 is 16.1 Å². The highest BCUT2D eigenvalue weighted by Crippen LogP contribution is 2.33. The second-order valence-electron chi connectivity index (χ2n) is 4.74. The van der Waals surface area contributed by atoms with Gasteiger partial charge in [0.1, 0.15) is 0 Å². The van der Waals surface area contributed by atoms with Gasteiger partial charge in [0.25, 0.3) is 5.91 Å². The summed E-state index contributed by atoms with van der Waals surface area (Å²) < 4.78 is 43.6. The lowest BCUT2D eigenvalue weighted by molar-refractivity contribution is -0.161. The van der Waals surface area contributed by atoms with Gasteiger partial charge < -0.3 is 4.74 Å². The molecule has 21 heavy (non-hydrogen) atoms. The molecule has 0 atom stereocenters. The molecule has 0 fully saturated rings. The van der Waals surface area contributed by atoms with E-state index in [4.69, 9.17) is 4.74 Å². The molecule has 116 valence electrons.